The molecule has 1 aliphatic carbocycles. The summed E-state index contributed by atoms with van der Waals surface area (Å²) in [6, 6.07) is 11.9. The Morgan fingerprint density at radius 1 is 1.30 bits per heavy atom. The Morgan fingerprint density at radius 3 is 2.85 bits per heavy atom. The zero-order valence-corrected chi connectivity index (χ0v) is 11.8. The van der Waals surface area contributed by atoms with Crippen LogP contribution in [0.4, 0.5) is 5.00 Å². The molecule has 1 N–H and O–H groups in total. The van der Waals surface area contributed by atoms with Crippen LogP contribution in [0.2, 0.25) is 0 Å². The van der Waals surface area contributed by atoms with Gasteiger partial charge in [-0.2, -0.15) is 5.26 Å². The van der Waals surface area contributed by atoms with Gasteiger partial charge in [0.25, 0.3) is 0 Å². The highest BCUT2D eigenvalue weighted by molar-refractivity contribution is 7.16. The second-order valence-electron chi connectivity index (χ2n) is 4.88. The highest BCUT2D eigenvalue weighted by Gasteiger charge is 2.22. The number of thiophene rings is 1. The molecule has 4 heteroatoms. The predicted molar refractivity (Wildman–Crippen MR) is 79.8 cm³/mol. The third-order valence-corrected chi connectivity index (χ3v) is 4.70. The average Bonchev–Trinajstić information content (AvgIpc) is 3.00. The minimum atomic E-state index is -0.0624. The zero-order valence-electron chi connectivity index (χ0n) is 11.0. The lowest BCUT2D eigenvalue weighted by Crippen LogP contribution is -2.14. The first kappa shape index (κ1) is 12.9. The van der Waals surface area contributed by atoms with Crippen LogP contribution in [-0.4, -0.2) is 5.91 Å². The largest absolute Gasteiger partial charge is 0.316 e. The Balaban J connectivity index is 1.75. The molecule has 0 fully saturated rings. The SMILES string of the molecule is N#Cc1c(NC(=O)Cc2ccccc2)sc2c1CCC2. The molecule has 1 aliphatic rings. The Hall–Kier alpha value is -2.12. The number of nitrogens with zero attached hydrogens (tertiary/aromatic N) is 1. The van der Waals surface area contributed by atoms with E-state index in [0.717, 1.165) is 35.4 Å². The summed E-state index contributed by atoms with van der Waals surface area (Å²) >= 11 is 1.56. The number of amides is 1. The number of anilines is 1. The molecule has 1 aromatic heterocycles. The number of nitrogens with one attached hydrogen (secondary N) is 1. The van der Waals surface area contributed by atoms with Gasteiger partial charge >= 0.3 is 0 Å². The molecule has 0 saturated heterocycles. The second kappa shape index (κ2) is 5.48. The summed E-state index contributed by atoms with van der Waals surface area (Å²) in [7, 11) is 0. The molecular formula is C16H14N2OS. The number of rotatable bonds is 3. The molecule has 1 aromatic carbocycles. The first-order valence-corrected chi connectivity index (χ1v) is 7.48. The van der Waals surface area contributed by atoms with Gasteiger partial charge < -0.3 is 5.32 Å². The van der Waals surface area contributed by atoms with Crippen molar-refractivity contribution < 1.29 is 4.79 Å². The van der Waals surface area contributed by atoms with E-state index in [1.807, 2.05) is 30.3 Å². The molecule has 3 nitrogen and oxygen atoms in total. The van der Waals surface area contributed by atoms with E-state index in [0.29, 0.717) is 12.0 Å². The third kappa shape index (κ3) is 2.45. The zero-order chi connectivity index (χ0) is 13.9. The molecule has 2 aromatic rings. The Labute approximate surface area is 121 Å². The van der Waals surface area contributed by atoms with Crippen LogP contribution in [0.1, 0.15) is 28.0 Å². The van der Waals surface area contributed by atoms with Gasteiger partial charge in [-0.3, -0.25) is 4.79 Å². The van der Waals surface area contributed by atoms with Gasteiger partial charge in [-0.1, -0.05) is 30.3 Å². The lowest BCUT2D eigenvalue weighted by molar-refractivity contribution is -0.115. The van der Waals surface area contributed by atoms with Crippen LogP contribution in [0.25, 0.3) is 0 Å². The van der Waals surface area contributed by atoms with Crippen molar-refractivity contribution in [2.75, 3.05) is 5.32 Å². The van der Waals surface area contributed by atoms with E-state index in [1.165, 1.54) is 4.88 Å². The fraction of sp³-hybridized carbons (Fsp3) is 0.250. The van der Waals surface area contributed by atoms with E-state index < -0.39 is 0 Å². The molecular weight excluding hydrogens is 268 g/mol. The number of nitriles is 1. The average molecular weight is 282 g/mol. The molecule has 0 saturated carbocycles. The molecule has 1 amide bonds. The molecule has 100 valence electrons. The second-order valence-corrected chi connectivity index (χ2v) is 5.99. The Kier molecular flexibility index (Phi) is 3.53. The summed E-state index contributed by atoms with van der Waals surface area (Å²) < 4.78 is 0. The molecule has 0 unspecified atom stereocenters. The summed E-state index contributed by atoms with van der Waals surface area (Å²) in [4.78, 5) is 13.3. The van der Waals surface area contributed by atoms with Gasteiger partial charge in [0.1, 0.15) is 11.1 Å². The number of hydrogen-bond donors (Lipinski definition) is 1. The fourth-order valence-corrected chi connectivity index (χ4v) is 3.82. The predicted octanol–water partition coefficient (Wildman–Crippen LogP) is 3.29. The van der Waals surface area contributed by atoms with Crippen LogP contribution in [0, 0.1) is 11.3 Å². The maximum Gasteiger partial charge on any atom is 0.229 e. The number of carbonyl (C=O) groups is 1. The minimum absolute atomic E-state index is 0.0624. The standard InChI is InChI=1S/C16H14N2OS/c17-10-13-12-7-4-8-14(12)20-16(13)18-15(19)9-11-5-2-1-3-6-11/h1-3,5-6H,4,7-9H2,(H,18,19). The highest BCUT2D eigenvalue weighted by Crippen LogP contribution is 2.38. The van der Waals surface area contributed by atoms with Crippen molar-refractivity contribution in [3.8, 4) is 6.07 Å². The number of hydrogen-bond acceptors (Lipinski definition) is 3. The van der Waals surface area contributed by atoms with Gasteiger partial charge in [-0.25, -0.2) is 0 Å². The molecule has 3 rings (SSSR count). The van der Waals surface area contributed by atoms with Gasteiger partial charge in [-0.05, 0) is 30.4 Å². The van der Waals surface area contributed by atoms with Crippen molar-refractivity contribution in [1.29, 1.82) is 5.26 Å². The fourth-order valence-electron chi connectivity index (χ4n) is 2.56. The van der Waals surface area contributed by atoms with Crippen molar-refractivity contribution in [3.05, 3.63) is 51.9 Å². The highest BCUT2D eigenvalue weighted by atomic mass is 32.1. The van der Waals surface area contributed by atoms with Crippen LogP contribution in [0.5, 0.6) is 0 Å². The van der Waals surface area contributed by atoms with Crippen LogP contribution in [0.3, 0.4) is 0 Å². The maximum absolute atomic E-state index is 12.1. The van der Waals surface area contributed by atoms with Crippen LogP contribution in [0.15, 0.2) is 30.3 Å². The summed E-state index contributed by atoms with van der Waals surface area (Å²) in [5, 5.41) is 12.9. The van der Waals surface area contributed by atoms with Crippen LogP contribution < -0.4 is 5.32 Å². The van der Waals surface area contributed by atoms with Gasteiger partial charge in [0.05, 0.1) is 12.0 Å². The van der Waals surface area contributed by atoms with Crippen molar-refractivity contribution in [2.45, 2.75) is 25.7 Å². The summed E-state index contributed by atoms with van der Waals surface area (Å²) in [5.41, 5.74) is 2.80. The maximum atomic E-state index is 12.1. The quantitative estimate of drug-likeness (QED) is 0.939. The summed E-state index contributed by atoms with van der Waals surface area (Å²) in [5.74, 6) is -0.0624. The van der Waals surface area contributed by atoms with Crippen LogP contribution in [-0.2, 0) is 24.1 Å². The van der Waals surface area contributed by atoms with E-state index in [1.54, 1.807) is 11.3 Å². The Morgan fingerprint density at radius 2 is 2.10 bits per heavy atom. The molecule has 0 aliphatic heterocycles. The van der Waals surface area contributed by atoms with Crippen molar-refractivity contribution in [2.24, 2.45) is 0 Å². The molecule has 0 atom stereocenters. The minimum Gasteiger partial charge on any atom is -0.316 e. The molecule has 0 bridgehead atoms. The summed E-state index contributed by atoms with van der Waals surface area (Å²) in [6.07, 6.45) is 3.45. The van der Waals surface area contributed by atoms with E-state index in [2.05, 4.69) is 11.4 Å². The number of carbonyl (C=O) groups excluding carboxylic acids is 1. The van der Waals surface area contributed by atoms with Crippen LogP contribution >= 0.6 is 11.3 Å². The van der Waals surface area contributed by atoms with Gasteiger partial charge in [-0.15, -0.1) is 11.3 Å². The third-order valence-electron chi connectivity index (χ3n) is 3.49. The number of benzene rings is 1. The monoisotopic (exact) mass is 282 g/mol. The smallest absolute Gasteiger partial charge is 0.229 e. The van der Waals surface area contributed by atoms with E-state index in [-0.39, 0.29) is 5.91 Å². The Bertz CT molecular complexity index is 682. The van der Waals surface area contributed by atoms with Gasteiger partial charge in [0.2, 0.25) is 5.91 Å². The van der Waals surface area contributed by atoms with E-state index in [4.69, 9.17) is 0 Å². The van der Waals surface area contributed by atoms with Crippen molar-refractivity contribution in [3.63, 3.8) is 0 Å². The van der Waals surface area contributed by atoms with Gasteiger partial charge in [0, 0.05) is 4.88 Å². The molecule has 1 heterocycles. The normalized spacial score (nSPS) is 12.8. The first-order chi connectivity index (χ1) is 9.78. The van der Waals surface area contributed by atoms with E-state index >= 15 is 0 Å². The van der Waals surface area contributed by atoms with Crippen molar-refractivity contribution in [1.82, 2.24) is 0 Å². The van der Waals surface area contributed by atoms with Crippen molar-refractivity contribution >= 4 is 22.2 Å². The molecule has 0 spiro atoms. The lowest BCUT2D eigenvalue weighted by atomic mass is 10.1. The topological polar surface area (TPSA) is 52.9 Å². The summed E-state index contributed by atoms with van der Waals surface area (Å²) in [6.45, 7) is 0. The molecule has 20 heavy (non-hydrogen) atoms. The number of fused-ring (bicyclic) bond motifs is 1. The van der Waals surface area contributed by atoms with E-state index in [9.17, 15) is 10.1 Å². The van der Waals surface area contributed by atoms with Gasteiger partial charge in [0.15, 0.2) is 0 Å². The number of aryl methyl sites for hydroxylation is 1. The molecule has 0 radical (unpaired) electrons. The first-order valence-electron chi connectivity index (χ1n) is 6.66. The lowest BCUT2D eigenvalue weighted by Gasteiger charge is -2.04.